The van der Waals surface area contributed by atoms with Crippen LogP contribution >= 0.6 is 0 Å². The maximum absolute atomic E-state index is 13.2. The maximum atomic E-state index is 13.2. The van der Waals surface area contributed by atoms with E-state index in [0.717, 1.165) is 10.5 Å². The third kappa shape index (κ3) is 7.40. The molecule has 0 aliphatic carbocycles. The predicted octanol–water partition coefficient (Wildman–Crippen LogP) is -0.266. The summed E-state index contributed by atoms with van der Waals surface area (Å²) in [5.74, 6) is -3.29. The van der Waals surface area contributed by atoms with Gasteiger partial charge in [0.2, 0.25) is 17.7 Å². The summed E-state index contributed by atoms with van der Waals surface area (Å²) >= 11 is 0. The van der Waals surface area contributed by atoms with Crippen LogP contribution in [0.2, 0.25) is 0 Å². The standard InChI is InChI=1S/C24H36N4O7/c1-4-13(2)19(26-21(31)17(25)12-15-7-9-16(30)10-8-15)22(32)27-20(14(3)29)23(33)28-11-5-6-18(28)24(34)35/h7-10,13-14,17-20,29-30H,4-6,11-12,25H2,1-3H3,(H,26,31)(H,27,32)(H,34,35). The van der Waals surface area contributed by atoms with E-state index in [2.05, 4.69) is 10.6 Å². The number of aliphatic carboxylic acids is 1. The Balaban J connectivity index is 2.12. The number of hydrogen-bond acceptors (Lipinski definition) is 7. The van der Waals surface area contributed by atoms with Crippen molar-refractivity contribution in [3.8, 4) is 5.75 Å². The van der Waals surface area contributed by atoms with E-state index < -0.39 is 54.0 Å². The van der Waals surface area contributed by atoms with Crippen LogP contribution in [0.3, 0.4) is 0 Å². The number of benzene rings is 1. The number of nitrogens with zero attached hydrogens (tertiary/aromatic N) is 1. The number of amides is 3. The predicted molar refractivity (Wildman–Crippen MR) is 127 cm³/mol. The largest absolute Gasteiger partial charge is 0.508 e. The van der Waals surface area contributed by atoms with E-state index in [-0.39, 0.29) is 24.6 Å². The van der Waals surface area contributed by atoms with Gasteiger partial charge in [-0.15, -0.1) is 0 Å². The third-order valence-electron chi connectivity index (χ3n) is 6.39. The van der Waals surface area contributed by atoms with E-state index >= 15 is 0 Å². The topological polar surface area (TPSA) is 182 Å². The third-order valence-corrected chi connectivity index (χ3v) is 6.39. The average molecular weight is 493 g/mol. The summed E-state index contributed by atoms with van der Waals surface area (Å²) in [4.78, 5) is 51.6. The molecule has 6 unspecified atom stereocenters. The van der Waals surface area contributed by atoms with E-state index in [0.29, 0.717) is 19.3 Å². The molecule has 2 rings (SSSR count). The first kappa shape index (κ1) is 28.1. The molecule has 1 heterocycles. The lowest BCUT2D eigenvalue weighted by Crippen LogP contribution is -2.61. The summed E-state index contributed by atoms with van der Waals surface area (Å²) in [5.41, 5.74) is 6.77. The first-order chi connectivity index (χ1) is 16.5. The molecule has 0 saturated carbocycles. The van der Waals surface area contributed by atoms with Gasteiger partial charge in [-0.05, 0) is 49.8 Å². The van der Waals surface area contributed by atoms with Gasteiger partial charge >= 0.3 is 5.97 Å². The molecule has 0 aromatic heterocycles. The Bertz CT molecular complexity index is 906. The molecule has 1 saturated heterocycles. The molecule has 35 heavy (non-hydrogen) atoms. The molecule has 194 valence electrons. The van der Waals surface area contributed by atoms with Gasteiger partial charge in [-0.1, -0.05) is 32.4 Å². The number of aliphatic hydroxyl groups excluding tert-OH is 1. The smallest absolute Gasteiger partial charge is 0.326 e. The van der Waals surface area contributed by atoms with Crippen molar-refractivity contribution >= 4 is 23.7 Å². The summed E-state index contributed by atoms with van der Waals surface area (Å²) in [5, 5.41) is 34.2. The molecule has 0 radical (unpaired) electrons. The highest BCUT2D eigenvalue weighted by Crippen LogP contribution is 2.20. The molecular weight excluding hydrogens is 456 g/mol. The van der Waals surface area contributed by atoms with Crippen molar-refractivity contribution in [2.45, 2.75) is 76.7 Å². The maximum Gasteiger partial charge on any atom is 0.326 e. The number of aromatic hydroxyl groups is 1. The van der Waals surface area contributed by atoms with Crippen molar-refractivity contribution in [3.05, 3.63) is 29.8 Å². The number of phenolic OH excluding ortho intramolecular Hbond substituents is 1. The fraction of sp³-hybridized carbons (Fsp3) is 0.583. The van der Waals surface area contributed by atoms with Gasteiger partial charge in [-0.3, -0.25) is 14.4 Å². The molecule has 6 atom stereocenters. The molecule has 7 N–H and O–H groups in total. The molecule has 1 aliphatic heterocycles. The second-order valence-corrected chi connectivity index (χ2v) is 9.10. The molecule has 0 bridgehead atoms. The number of carbonyl (C=O) groups excluding carboxylic acids is 3. The quantitative estimate of drug-likeness (QED) is 0.244. The Hall–Kier alpha value is -3.18. The van der Waals surface area contributed by atoms with Crippen molar-refractivity contribution in [3.63, 3.8) is 0 Å². The van der Waals surface area contributed by atoms with E-state index in [9.17, 15) is 34.5 Å². The molecular formula is C24H36N4O7. The molecule has 3 amide bonds. The second kappa shape index (κ2) is 12.5. The molecule has 1 aliphatic rings. The number of likely N-dealkylation sites (tertiary alicyclic amines) is 1. The van der Waals surface area contributed by atoms with Crippen LogP contribution in [0.4, 0.5) is 0 Å². The van der Waals surface area contributed by atoms with E-state index in [1.807, 2.05) is 6.92 Å². The summed E-state index contributed by atoms with van der Waals surface area (Å²) in [6.07, 6.45) is 0.235. The second-order valence-electron chi connectivity index (χ2n) is 9.10. The van der Waals surface area contributed by atoms with Gasteiger partial charge < -0.3 is 36.6 Å². The number of carboxylic acids is 1. The summed E-state index contributed by atoms with van der Waals surface area (Å²) in [6, 6.07) is 1.89. The molecule has 1 aromatic rings. The minimum Gasteiger partial charge on any atom is -0.508 e. The zero-order valence-electron chi connectivity index (χ0n) is 20.3. The lowest BCUT2D eigenvalue weighted by Gasteiger charge is -2.31. The van der Waals surface area contributed by atoms with Crippen LogP contribution in [0, 0.1) is 5.92 Å². The lowest BCUT2D eigenvalue weighted by molar-refractivity contribution is -0.151. The lowest BCUT2D eigenvalue weighted by atomic mass is 9.96. The Morgan fingerprint density at radius 2 is 1.69 bits per heavy atom. The van der Waals surface area contributed by atoms with Crippen molar-refractivity contribution in [1.29, 1.82) is 0 Å². The van der Waals surface area contributed by atoms with Crippen LogP contribution < -0.4 is 16.4 Å². The SMILES string of the molecule is CCC(C)C(NC(=O)C(N)Cc1ccc(O)cc1)C(=O)NC(C(=O)N1CCCC1C(=O)O)C(C)O. The monoisotopic (exact) mass is 492 g/mol. The van der Waals surface area contributed by atoms with E-state index in [1.54, 1.807) is 19.1 Å². The average Bonchev–Trinajstić information content (AvgIpc) is 3.31. The van der Waals surface area contributed by atoms with Crippen LogP contribution in [-0.4, -0.2) is 80.7 Å². The summed E-state index contributed by atoms with van der Waals surface area (Å²) in [7, 11) is 0. The minimum atomic E-state index is -1.36. The van der Waals surface area contributed by atoms with Gasteiger partial charge in [0.15, 0.2) is 0 Å². The highest BCUT2D eigenvalue weighted by molar-refractivity contribution is 5.94. The number of phenols is 1. The first-order valence-electron chi connectivity index (χ1n) is 11.8. The zero-order valence-corrected chi connectivity index (χ0v) is 20.3. The van der Waals surface area contributed by atoms with Gasteiger partial charge in [-0.2, -0.15) is 0 Å². The van der Waals surface area contributed by atoms with E-state index in [4.69, 9.17) is 5.73 Å². The Morgan fingerprint density at radius 1 is 1.09 bits per heavy atom. The van der Waals surface area contributed by atoms with Gasteiger partial charge in [0.25, 0.3) is 0 Å². The van der Waals surface area contributed by atoms with Crippen LogP contribution in [-0.2, 0) is 25.6 Å². The molecule has 1 fully saturated rings. The normalized spacial score (nSPS) is 19.8. The van der Waals surface area contributed by atoms with Gasteiger partial charge in [0, 0.05) is 6.54 Å². The Morgan fingerprint density at radius 3 is 2.23 bits per heavy atom. The molecule has 1 aromatic carbocycles. The Labute approximate surface area is 204 Å². The number of nitrogens with one attached hydrogen (secondary N) is 2. The number of carboxylic acid groups (broad SMARTS) is 1. The molecule has 0 spiro atoms. The van der Waals surface area contributed by atoms with Gasteiger partial charge in [0.1, 0.15) is 23.9 Å². The number of nitrogens with two attached hydrogens (primary N) is 1. The fourth-order valence-electron chi connectivity index (χ4n) is 4.04. The van der Waals surface area contributed by atoms with Crippen molar-refractivity contribution in [2.75, 3.05) is 6.54 Å². The van der Waals surface area contributed by atoms with Gasteiger partial charge in [0.05, 0.1) is 12.1 Å². The summed E-state index contributed by atoms with van der Waals surface area (Å²) in [6.45, 7) is 5.15. The van der Waals surface area contributed by atoms with Crippen molar-refractivity contribution in [2.24, 2.45) is 11.7 Å². The van der Waals surface area contributed by atoms with Gasteiger partial charge in [-0.25, -0.2) is 4.79 Å². The minimum absolute atomic E-state index is 0.0890. The number of rotatable bonds is 11. The number of carbonyl (C=O) groups is 4. The number of hydrogen-bond donors (Lipinski definition) is 6. The van der Waals surface area contributed by atoms with Crippen LogP contribution in [0.5, 0.6) is 5.75 Å². The highest BCUT2D eigenvalue weighted by Gasteiger charge is 2.40. The van der Waals surface area contributed by atoms with Crippen molar-refractivity contribution in [1.82, 2.24) is 15.5 Å². The van der Waals surface area contributed by atoms with E-state index in [1.165, 1.54) is 19.1 Å². The van der Waals surface area contributed by atoms with Crippen molar-refractivity contribution < 1.29 is 34.5 Å². The van der Waals surface area contributed by atoms with Crippen LogP contribution in [0.1, 0.15) is 45.6 Å². The molecule has 11 heteroatoms. The fourth-order valence-corrected chi connectivity index (χ4v) is 4.04. The van der Waals surface area contributed by atoms with Crippen LogP contribution in [0.15, 0.2) is 24.3 Å². The first-order valence-corrected chi connectivity index (χ1v) is 11.8. The number of aliphatic hydroxyl groups is 1. The Kier molecular flexibility index (Phi) is 10.0. The summed E-state index contributed by atoms with van der Waals surface area (Å²) < 4.78 is 0. The zero-order chi connectivity index (χ0) is 26.3. The van der Waals surface area contributed by atoms with Crippen LogP contribution in [0.25, 0.3) is 0 Å². The highest BCUT2D eigenvalue weighted by atomic mass is 16.4. The molecule has 11 nitrogen and oxygen atoms in total.